The molecule has 1 amide bonds. The number of methoxy groups -OCH3 is 2. The van der Waals surface area contributed by atoms with Crippen molar-refractivity contribution >= 4 is 22.5 Å². The minimum Gasteiger partial charge on any atom is -0.497 e. The Hall–Kier alpha value is -3.08. The summed E-state index contributed by atoms with van der Waals surface area (Å²) in [4.78, 5) is 17.0. The molecule has 3 aromatic rings. The number of aromatic nitrogens is 1. The number of nitrogens with zero attached hydrogens (tertiary/aromatic N) is 1. The molecule has 0 saturated carbocycles. The van der Waals surface area contributed by atoms with Crippen LogP contribution in [-0.2, 0) is 0 Å². The number of hydrogen-bond acceptors (Lipinski definition) is 4. The lowest BCUT2D eigenvalue weighted by Gasteiger charge is -2.10. The van der Waals surface area contributed by atoms with Crippen LogP contribution in [0.4, 0.5) is 5.69 Å². The molecule has 2 aromatic carbocycles. The van der Waals surface area contributed by atoms with E-state index < -0.39 is 0 Å². The Bertz CT molecular complexity index is 845. The van der Waals surface area contributed by atoms with Crippen molar-refractivity contribution in [1.29, 1.82) is 0 Å². The first-order valence-electron chi connectivity index (χ1n) is 7.10. The van der Waals surface area contributed by atoms with Crippen LogP contribution in [0.25, 0.3) is 10.9 Å². The number of carbonyl (C=O) groups excluding carboxylic acids is 1. The van der Waals surface area contributed by atoms with Gasteiger partial charge >= 0.3 is 0 Å². The van der Waals surface area contributed by atoms with Gasteiger partial charge < -0.3 is 14.8 Å². The fourth-order valence-electron chi connectivity index (χ4n) is 2.32. The Kier molecular flexibility index (Phi) is 4.10. The molecule has 5 nitrogen and oxygen atoms in total. The van der Waals surface area contributed by atoms with E-state index in [0.717, 1.165) is 11.1 Å². The van der Waals surface area contributed by atoms with Crippen LogP contribution in [0.2, 0.25) is 0 Å². The van der Waals surface area contributed by atoms with E-state index in [-0.39, 0.29) is 5.91 Å². The molecule has 0 fully saturated rings. The summed E-state index contributed by atoms with van der Waals surface area (Å²) in [7, 11) is 3.13. The molecule has 1 N–H and O–H groups in total. The molecule has 0 aliphatic heterocycles. The van der Waals surface area contributed by atoms with Crippen LogP contribution in [0.3, 0.4) is 0 Å². The Balaban J connectivity index is 1.96. The highest BCUT2D eigenvalue weighted by Gasteiger charge is 2.13. The number of hydrogen-bond donors (Lipinski definition) is 1. The van der Waals surface area contributed by atoms with E-state index in [1.54, 1.807) is 37.4 Å². The lowest BCUT2D eigenvalue weighted by atomic mass is 10.1. The number of carbonyl (C=O) groups is 1. The predicted octanol–water partition coefficient (Wildman–Crippen LogP) is 3.50. The normalized spacial score (nSPS) is 10.3. The van der Waals surface area contributed by atoms with Crippen LogP contribution in [0, 0.1) is 0 Å². The van der Waals surface area contributed by atoms with E-state index >= 15 is 0 Å². The average molecular weight is 308 g/mol. The summed E-state index contributed by atoms with van der Waals surface area (Å²) in [5, 5.41) is 3.65. The van der Waals surface area contributed by atoms with Gasteiger partial charge in [0.15, 0.2) is 0 Å². The number of amides is 1. The molecule has 1 aromatic heterocycles. The molecular weight excluding hydrogens is 292 g/mol. The van der Waals surface area contributed by atoms with Gasteiger partial charge in [0.1, 0.15) is 5.75 Å². The van der Waals surface area contributed by atoms with Crippen LogP contribution >= 0.6 is 0 Å². The van der Waals surface area contributed by atoms with Gasteiger partial charge in [-0.15, -0.1) is 0 Å². The molecule has 0 aliphatic rings. The standard InChI is InChI=1S/C18H16N2O3/c1-22-13-9-7-12(8-10-13)19-18(21)15-11-17(23-2)20-16-6-4-3-5-14(15)16/h3-11H,1-2H3,(H,19,21). The van der Waals surface area contributed by atoms with Crippen molar-refractivity contribution in [2.24, 2.45) is 0 Å². The molecule has 0 aliphatic carbocycles. The minimum absolute atomic E-state index is 0.216. The van der Waals surface area contributed by atoms with Crippen molar-refractivity contribution < 1.29 is 14.3 Å². The second kappa shape index (κ2) is 6.36. The maximum Gasteiger partial charge on any atom is 0.256 e. The number of anilines is 1. The molecule has 5 heteroatoms. The molecule has 23 heavy (non-hydrogen) atoms. The first-order valence-corrected chi connectivity index (χ1v) is 7.10. The maximum atomic E-state index is 12.6. The highest BCUT2D eigenvalue weighted by atomic mass is 16.5. The second-order valence-corrected chi connectivity index (χ2v) is 4.91. The highest BCUT2D eigenvalue weighted by molar-refractivity contribution is 6.12. The molecule has 0 bridgehead atoms. The largest absolute Gasteiger partial charge is 0.497 e. The SMILES string of the molecule is COc1ccc(NC(=O)c2cc(OC)nc3ccccc23)cc1. The first kappa shape index (κ1) is 14.8. The summed E-state index contributed by atoms with van der Waals surface area (Å²) < 4.78 is 10.3. The summed E-state index contributed by atoms with van der Waals surface area (Å²) in [5.41, 5.74) is 1.92. The summed E-state index contributed by atoms with van der Waals surface area (Å²) in [6, 6.07) is 16.3. The zero-order chi connectivity index (χ0) is 16.2. The number of fused-ring (bicyclic) bond motifs is 1. The van der Waals surface area contributed by atoms with Crippen LogP contribution < -0.4 is 14.8 Å². The van der Waals surface area contributed by atoms with E-state index in [2.05, 4.69) is 10.3 Å². The molecule has 0 saturated heterocycles. The molecule has 0 atom stereocenters. The monoisotopic (exact) mass is 308 g/mol. The van der Waals surface area contributed by atoms with Crippen LogP contribution in [-0.4, -0.2) is 25.1 Å². The second-order valence-electron chi connectivity index (χ2n) is 4.91. The zero-order valence-electron chi connectivity index (χ0n) is 12.9. The van der Waals surface area contributed by atoms with Crippen LogP contribution in [0.15, 0.2) is 54.6 Å². The van der Waals surface area contributed by atoms with E-state index in [0.29, 0.717) is 22.6 Å². The number of para-hydroxylation sites is 1. The van der Waals surface area contributed by atoms with Crippen LogP contribution in [0.5, 0.6) is 11.6 Å². The number of rotatable bonds is 4. The summed E-state index contributed by atoms with van der Waals surface area (Å²) >= 11 is 0. The predicted molar refractivity (Wildman–Crippen MR) is 89.2 cm³/mol. The third kappa shape index (κ3) is 3.08. The maximum absolute atomic E-state index is 12.6. The topological polar surface area (TPSA) is 60.5 Å². The Labute approximate surface area is 133 Å². The van der Waals surface area contributed by atoms with Gasteiger partial charge in [0.2, 0.25) is 5.88 Å². The Morgan fingerprint density at radius 1 is 1.00 bits per heavy atom. The van der Waals surface area contributed by atoms with Crippen LogP contribution in [0.1, 0.15) is 10.4 Å². The molecular formula is C18H16N2O3. The fraction of sp³-hybridized carbons (Fsp3) is 0.111. The van der Waals surface area contributed by atoms with Gasteiger partial charge in [-0.1, -0.05) is 18.2 Å². The number of nitrogens with one attached hydrogen (secondary N) is 1. The smallest absolute Gasteiger partial charge is 0.256 e. The van der Waals surface area contributed by atoms with Crippen molar-refractivity contribution in [3.05, 3.63) is 60.2 Å². The lowest BCUT2D eigenvalue weighted by molar-refractivity contribution is 0.102. The Morgan fingerprint density at radius 2 is 1.74 bits per heavy atom. The highest BCUT2D eigenvalue weighted by Crippen LogP contribution is 2.23. The molecule has 1 heterocycles. The third-order valence-electron chi connectivity index (χ3n) is 3.49. The number of ether oxygens (including phenoxy) is 2. The lowest BCUT2D eigenvalue weighted by Crippen LogP contribution is -2.13. The zero-order valence-corrected chi connectivity index (χ0v) is 12.9. The molecule has 116 valence electrons. The molecule has 0 radical (unpaired) electrons. The van der Waals surface area contributed by atoms with Gasteiger partial charge in [0.05, 0.1) is 25.3 Å². The number of pyridine rings is 1. The average Bonchev–Trinajstić information content (AvgIpc) is 2.61. The Morgan fingerprint density at radius 3 is 2.43 bits per heavy atom. The number of benzene rings is 2. The van der Waals surface area contributed by atoms with Gasteiger partial charge in [0, 0.05) is 17.1 Å². The van der Waals surface area contributed by atoms with Gasteiger partial charge in [-0.3, -0.25) is 4.79 Å². The van der Waals surface area contributed by atoms with Crippen molar-refractivity contribution in [1.82, 2.24) is 4.98 Å². The van der Waals surface area contributed by atoms with E-state index in [1.165, 1.54) is 7.11 Å². The fourth-order valence-corrected chi connectivity index (χ4v) is 2.32. The molecule has 3 rings (SSSR count). The van der Waals surface area contributed by atoms with Gasteiger partial charge in [-0.2, -0.15) is 0 Å². The summed E-state index contributed by atoms with van der Waals surface area (Å²) in [6.07, 6.45) is 0. The molecule has 0 spiro atoms. The summed E-state index contributed by atoms with van der Waals surface area (Å²) in [6.45, 7) is 0. The van der Waals surface area contributed by atoms with E-state index in [9.17, 15) is 4.79 Å². The van der Waals surface area contributed by atoms with Gasteiger partial charge in [0.25, 0.3) is 5.91 Å². The van der Waals surface area contributed by atoms with Crippen molar-refractivity contribution in [2.75, 3.05) is 19.5 Å². The molecule has 0 unspecified atom stereocenters. The minimum atomic E-state index is -0.216. The van der Waals surface area contributed by atoms with E-state index in [1.807, 2.05) is 24.3 Å². The van der Waals surface area contributed by atoms with Crippen molar-refractivity contribution in [2.45, 2.75) is 0 Å². The summed E-state index contributed by atoms with van der Waals surface area (Å²) in [5.74, 6) is 0.926. The first-order chi connectivity index (χ1) is 11.2. The quantitative estimate of drug-likeness (QED) is 0.801. The van der Waals surface area contributed by atoms with Crippen molar-refractivity contribution in [3.8, 4) is 11.6 Å². The van der Waals surface area contributed by atoms with Gasteiger partial charge in [-0.25, -0.2) is 4.98 Å². The third-order valence-corrected chi connectivity index (χ3v) is 3.49. The van der Waals surface area contributed by atoms with Crippen molar-refractivity contribution in [3.63, 3.8) is 0 Å². The van der Waals surface area contributed by atoms with Gasteiger partial charge in [-0.05, 0) is 30.3 Å². The van der Waals surface area contributed by atoms with E-state index in [4.69, 9.17) is 9.47 Å².